The fourth-order valence-corrected chi connectivity index (χ4v) is 3.22. The van der Waals surface area contributed by atoms with E-state index in [1.807, 2.05) is 32.0 Å². The standard InChI is InChI=1S/C12H19N3O2S/c1-10-3-4-11(2)12(9-10)14-18(16,17)15-7-5-13-6-8-15/h3-4,9,13-14H,5-8H2,1-2H3. The lowest BCUT2D eigenvalue weighted by molar-refractivity contribution is 0.362. The SMILES string of the molecule is Cc1ccc(C)c(NS(=O)(=O)N2CCNCC2)c1. The third kappa shape index (κ3) is 3.01. The molecule has 5 nitrogen and oxygen atoms in total. The quantitative estimate of drug-likeness (QED) is 0.856. The van der Waals surface area contributed by atoms with Gasteiger partial charge in [-0.2, -0.15) is 12.7 Å². The average molecular weight is 269 g/mol. The summed E-state index contributed by atoms with van der Waals surface area (Å²) in [4.78, 5) is 0. The summed E-state index contributed by atoms with van der Waals surface area (Å²) in [6, 6.07) is 5.75. The van der Waals surface area contributed by atoms with Crippen molar-refractivity contribution < 1.29 is 8.42 Å². The summed E-state index contributed by atoms with van der Waals surface area (Å²) in [6.07, 6.45) is 0. The van der Waals surface area contributed by atoms with Crippen LogP contribution in [0.2, 0.25) is 0 Å². The van der Waals surface area contributed by atoms with Crippen molar-refractivity contribution in [2.24, 2.45) is 0 Å². The van der Waals surface area contributed by atoms with E-state index in [0.29, 0.717) is 31.9 Å². The summed E-state index contributed by atoms with van der Waals surface area (Å²) in [7, 11) is -3.43. The van der Waals surface area contributed by atoms with Crippen LogP contribution >= 0.6 is 0 Å². The highest BCUT2D eigenvalue weighted by Crippen LogP contribution is 2.19. The summed E-state index contributed by atoms with van der Waals surface area (Å²) in [5.74, 6) is 0. The maximum Gasteiger partial charge on any atom is 0.301 e. The number of benzene rings is 1. The van der Waals surface area contributed by atoms with Crippen molar-refractivity contribution in [1.29, 1.82) is 0 Å². The summed E-state index contributed by atoms with van der Waals surface area (Å²) in [5, 5.41) is 3.14. The minimum absolute atomic E-state index is 0.514. The molecule has 1 saturated heterocycles. The van der Waals surface area contributed by atoms with E-state index in [9.17, 15) is 8.42 Å². The van der Waals surface area contributed by atoms with Gasteiger partial charge >= 0.3 is 10.2 Å². The van der Waals surface area contributed by atoms with Crippen molar-refractivity contribution in [3.8, 4) is 0 Å². The van der Waals surface area contributed by atoms with Gasteiger partial charge < -0.3 is 5.32 Å². The van der Waals surface area contributed by atoms with Gasteiger partial charge in [0.15, 0.2) is 0 Å². The van der Waals surface area contributed by atoms with Crippen molar-refractivity contribution in [1.82, 2.24) is 9.62 Å². The van der Waals surface area contributed by atoms with Gasteiger partial charge in [-0.15, -0.1) is 0 Å². The zero-order valence-electron chi connectivity index (χ0n) is 10.7. The first kappa shape index (κ1) is 13.3. The molecule has 0 unspecified atom stereocenters. The summed E-state index contributed by atoms with van der Waals surface area (Å²) in [5.41, 5.74) is 2.63. The Bertz CT molecular complexity index is 522. The fourth-order valence-electron chi connectivity index (χ4n) is 1.93. The molecule has 1 aliphatic heterocycles. The van der Waals surface area contributed by atoms with E-state index >= 15 is 0 Å². The summed E-state index contributed by atoms with van der Waals surface area (Å²) >= 11 is 0. The van der Waals surface area contributed by atoms with Crippen LogP contribution in [-0.4, -0.2) is 38.9 Å². The van der Waals surface area contributed by atoms with Crippen LogP contribution in [0.15, 0.2) is 18.2 Å². The highest BCUT2D eigenvalue weighted by atomic mass is 32.2. The predicted octanol–water partition coefficient (Wildman–Crippen LogP) is 0.865. The lowest BCUT2D eigenvalue weighted by atomic mass is 10.1. The number of nitrogens with zero attached hydrogens (tertiary/aromatic N) is 1. The largest absolute Gasteiger partial charge is 0.314 e. The molecule has 0 bridgehead atoms. The van der Waals surface area contributed by atoms with Crippen LogP contribution < -0.4 is 10.0 Å². The van der Waals surface area contributed by atoms with Crippen LogP contribution in [0.3, 0.4) is 0 Å². The van der Waals surface area contributed by atoms with E-state index in [-0.39, 0.29) is 0 Å². The van der Waals surface area contributed by atoms with Crippen molar-refractivity contribution >= 4 is 15.9 Å². The maximum absolute atomic E-state index is 12.2. The molecule has 2 N–H and O–H groups in total. The number of piperazine rings is 1. The van der Waals surface area contributed by atoms with Crippen LogP contribution in [0.5, 0.6) is 0 Å². The molecule has 18 heavy (non-hydrogen) atoms. The number of nitrogens with one attached hydrogen (secondary N) is 2. The minimum atomic E-state index is -3.43. The van der Waals surface area contributed by atoms with E-state index in [2.05, 4.69) is 10.0 Å². The molecule has 1 heterocycles. The van der Waals surface area contributed by atoms with Crippen LogP contribution in [0.1, 0.15) is 11.1 Å². The predicted molar refractivity (Wildman–Crippen MR) is 72.9 cm³/mol. The van der Waals surface area contributed by atoms with E-state index in [0.717, 1.165) is 11.1 Å². The number of aryl methyl sites for hydroxylation is 2. The topological polar surface area (TPSA) is 61.4 Å². The Morgan fingerprint density at radius 3 is 2.56 bits per heavy atom. The van der Waals surface area contributed by atoms with E-state index in [1.54, 1.807) is 0 Å². The van der Waals surface area contributed by atoms with Crippen LogP contribution in [-0.2, 0) is 10.2 Å². The molecule has 0 aromatic heterocycles. The Morgan fingerprint density at radius 2 is 1.89 bits per heavy atom. The lowest BCUT2D eigenvalue weighted by Gasteiger charge is -2.27. The van der Waals surface area contributed by atoms with Crippen LogP contribution in [0.25, 0.3) is 0 Å². The number of anilines is 1. The fraction of sp³-hybridized carbons (Fsp3) is 0.500. The van der Waals surface area contributed by atoms with Crippen molar-refractivity contribution in [2.75, 3.05) is 30.9 Å². The molecule has 100 valence electrons. The highest BCUT2D eigenvalue weighted by Gasteiger charge is 2.23. The van der Waals surface area contributed by atoms with E-state index in [4.69, 9.17) is 0 Å². The second-order valence-corrected chi connectivity index (χ2v) is 6.25. The first-order chi connectivity index (χ1) is 8.49. The Morgan fingerprint density at radius 1 is 1.22 bits per heavy atom. The molecule has 1 aliphatic rings. The lowest BCUT2D eigenvalue weighted by Crippen LogP contribution is -2.48. The molecule has 0 atom stereocenters. The molecule has 1 aromatic rings. The molecule has 1 aromatic carbocycles. The molecule has 2 rings (SSSR count). The second kappa shape index (κ2) is 5.26. The molecule has 1 fully saturated rings. The Kier molecular flexibility index (Phi) is 3.89. The van der Waals surface area contributed by atoms with Gasteiger partial charge in [0.2, 0.25) is 0 Å². The molecule has 0 saturated carbocycles. The van der Waals surface area contributed by atoms with Gasteiger partial charge in [0.25, 0.3) is 0 Å². The second-order valence-electron chi connectivity index (χ2n) is 4.57. The number of hydrogen-bond acceptors (Lipinski definition) is 3. The van der Waals surface area contributed by atoms with Crippen molar-refractivity contribution in [3.05, 3.63) is 29.3 Å². The van der Waals surface area contributed by atoms with Crippen LogP contribution in [0.4, 0.5) is 5.69 Å². The van der Waals surface area contributed by atoms with E-state index in [1.165, 1.54) is 4.31 Å². The Labute approximate surface area is 108 Å². The number of hydrogen-bond donors (Lipinski definition) is 2. The zero-order chi connectivity index (χ0) is 13.2. The van der Waals surface area contributed by atoms with Gasteiger partial charge in [-0.1, -0.05) is 12.1 Å². The molecule has 0 amide bonds. The third-order valence-corrected chi connectivity index (χ3v) is 4.57. The van der Waals surface area contributed by atoms with Crippen LogP contribution in [0, 0.1) is 13.8 Å². The maximum atomic E-state index is 12.2. The van der Waals surface area contributed by atoms with Gasteiger partial charge in [-0.3, -0.25) is 4.72 Å². The summed E-state index contributed by atoms with van der Waals surface area (Å²) in [6.45, 7) is 6.28. The van der Waals surface area contributed by atoms with Crippen molar-refractivity contribution in [2.45, 2.75) is 13.8 Å². The molecular weight excluding hydrogens is 250 g/mol. The van der Waals surface area contributed by atoms with Gasteiger partial charge in [0, 0.05) is 26.2 Å². The number of rotatable bonds is 3. The molecule has 0 radical (unpaired) electrons. The Hall–Kier alpha value is -1.11. The van der Waals surface area contributed by atoms with E-state index < -0.39 is 10.2 Å². The normalized spacial score (nSPS) is 17.7. The van der Waals surface area contributed by atoms with Gasteiger partial charge in [0.05, 0.1) is 5.69 Å². The molecule has 0 aliphatic carbocycles. The third-order valence-electron chi connectivity index (χ3n) is 3.05. The Balaban J connectivity index is 2.18. The smallest absolute Gasteiger partial charge is 0.301 e. The minimum Gasteiger partial charge on any atom is -0.314 e. The zero-order valence-corrected chi connectivity index (χ0v) is 11.5. The van der Waals surface area contributed by atoms with Gasteiger partial charge in [-0.25, -0.2) is 0 Å². The first-order valence-electron chi connectivity index (χ1n) is 6.05. The molecule has 0 spiro atoms. The average Bonchev–Trinajstić information content (AvgIpc) is 2.35. The molecular formula is C12H19N3O2S. The monoisotopic (exact) mass is 269 g/mol. The van der Waals surface area contributed by atoms with Gasteiger partial charge in [-0.05, 0) is 31.0 Å². The molecule has 6 heteroatoms. The highest BCUT2D eigenvalue weighted by molar-refractivity contribution is 7.90. The summed E-state index contributed by atoms with van der Waals surface area (Å²) < 4.78 is 28.6. The van der Waals surface area contributed by atoms with Gasteiger partial charge in [0.1, 0.15) is 0 Å². The van der Waals surface area contributed by atoms with Crippen molar-refractivity contribution in [3.63, 3.8) is 0 Å². The first-order valence-corrected chi connectivity index (χ1v) is 7.49.